The number of aromatic nitrogens is 1. The van der Waals surface area contributed by atoms with Gasteiger partial charge in [-0.05, 0) is 35.7 Å². The van der Waals surface area contributed by atoms with Crippen molar-refractivity contribution in [2.24, 2.45) is 0 Å². The summed E-state index contributed by atoms with van der Waals surface area (Å²) in [6.45, 7) is 1.16. The Hall–Kier alpha value is -3.14. The molecule has 3 aromatic rings. The van der Waals surface area contributed by atoms with Gasteiger partial charge in [0.2, 0.25) is 0 Å². The van der Waals surface area contributed by atoms with Crippen LogP contribution in [-0.2, 0) is 13.0 Å². The average molecular weight is 331 g/mol. The number of amides is 2. The van der Waals surface area contributed by atoms with Crippen LogP contribution in [0.4, 0.5) is 10.5 Å². The molecule has 4 nitrogen and oxygen atoms in total. The van der Waals surface area contributed by atoms with Gasteiger partial charge in [-0.2, -0.15) is 0 Å². The molecule has 4 heteroatoms. The van der Waals surface area contributed by atoms with E-state index in [0.29, 0.717) is 13.1 Å². The monoisotopic (exact) mass is 331 g/mol. The van der Waals surface area contributed by atoms with Gasteiger partial charge in [-0.25, -0.2) is 4.79 Å². The molecule has 0 aliphatic rings. The van der Waals surface area contributed by atoms with Crippen LogP contribution < -0.4 is 5.32 Å². The molecule has 0 fully saturated rings. The van der Waals surface area contributed by atoms with Gasteiger partial charge in [0.25, 0.3) is 0 Å². The van der Waals surface area contributed by atoms with E-state index in [1.165, 1.54) is 5.56 Å². The summed E-state index contributed by atoms with van der Waals surface area (Å²) in [5.74, 6) is 0. The molecule has 0 saturated heterocycles. The highest BCUT2D eigenvalue weighted by atomic mass is 16.2. The lowest BCUT2D eigenvalue weighted by Crippen LogP contribution is -2.36. The Morgan fingerprint density at radius 3 is 2.24 bits per heavy atom. The van der Waals surface area contributed by atoms with Crippen LogP contribution in [0, 0.1) is 0 Å². The molecule has 1 heterocycles. The fourth-order valence-corrected chi connectivity index (χ4v) is 2.60. The van der Waals surface area contributed by atoms with Crippen molar-refractivity contribution in [1.29, 1.82) is 0 Å². The standard InChI is InChI=1S/C21H21N3O/c25-21(23-20-11-5-2-6-12-20)24(17-19-10-7-14-22-16-19)15-13-18-8-3-1-4-9-18/h1-12,14,16H,13,15,17H2,(H,23,25). The number of anilines is 1. The van der Waals surface area contributed by atoms with E-state index in [0.717, 1.165) is 17.7 Å². The molecule has 0 aliphatic heterocycles. The first-order chi connectivity index (χ1) is 12.3. The van der Waals surface area contributed by atoms with Crippen LogP contribution in [0.15, 0.2) is 85.2 Å². The van der Waals surface area contributed by atoms with E-state index in [1.807, 2.05) is 65.6 Å². The summed E-state index contributed by atoms with van der Waals surface area (Å²) in [5, 5.41) is 2.97. The predicted octanol–water partition coefficient (Wildman–Crippen LogP) is 4.36. The van der Waals surface area contributed by atoms with Gasteiger partial charge in [0.15, 0.2) is 0 Å². The molecule has 126 valence electrons. The smallest absolute Gasteiger partial charge is 0.320 e. The zero-order chi connectivity index (χ0) is 17.3. The van der Waals surface area contributed by atoms with Crippen LogP contribution in [0.3, 0.4) is 0 Å². The van der Waals surface area contributed by atoms with Gasteiger partial charge in [0.1, 0.15) is 0 Å². The molecule has 0 bridgehead atoms. The van der Waals surface area contributed by atoms with E-state index in [-0.39, 0.29) is 6.03 Å². The molecule has 0 atom stereocenters. The van der Waals surface area contributed by atoms with Crippen molar-refractivity contribution in [3.05, 3.63) is 96.3 Å². The second-order valence-electron chi connectivity index (χ2n) is 5.81. The number of carbonyl (C=O) groups excluding carboxylic acids is 1. The minimum absolute atomic E-state index is 0.106. The highest BCUT2D eigenvalue weighted by molar-refractivity contribution is 5.89. The summed E-state index contributed by atoms with van der Waals surface area (Å²) in [7, 11) is 0. The number of hydrogen-bond donors (Lipinski definition) is 1. The summed E-state index contributed by atoms with van der Waals surface area (Å²) in [5.41, 5.74) is 3.02. The lowest BCUT2D eigenvalue weighted by molar-refractivity contribution is 0.209. The van der Waals surface area contributed by atoms with E-state index < -0.39 is 0 Å². The van der Waals surface area contributed by atoms with Crippen molar-refractivity contribution < 1.29 is 4.79 Å². The minimum Gasteiger partial charge on any atom is -0.320 e. The van der Waals surface area contributed by atoms with Crippen LogP contribution in [0.2, 0.25) is 0 Å². The summed E-state index contributed by atoms with van der Waals surface area (Å²) in [6, 6.07) is 23.5. The summed E-state index contributed by atoms with van der Waals surface area (Å²) >= 11 is 0. The fraction of sp³-hybridized carbons (Fsp3) is 0.143. The molecule has 2 aromatic carbocycles. The van der Waals surface area contributed by atoms with Crippen LogP contribution in [0.25, 0.3) is 0 Å². The number of benzene rings is 2. The highest BCUT2D eigenvalue weighted by Gasteiger charge is 2.14. The minimum atomic E-state index is -0.106. The Bertz CT molecular complexity index is 776. The molecule has 0 unspecified atom stereocenters. The molecule has 25 heavy (non-hydrogen) atoms. The van der Waals surface area contributed by atoms with Crippen LogP contribution >= 0.6 is 0 Å². The van der Waals surface area contributed by atoms with Gasteiger partial charge in [0, 0.05) is 31.2 Å². The third-order valence-electron chi connectivity index (χ3n) is 3.92. The van der Waals surface area contributed by atoms with E-state index in [9.17, 15) is 4.79 Å². The number of para-hydroxylation sites is 1. The van der Waals surface area contributed by atoms with Crippen molar-refractivity contribution in [3.8, 4) is 0 Å². The predicted molar refractivity (Wildman–Crippen MR) is 100 cm³/mol. The SMILES string of the molecule is O=C(Nc1ccccc1)N(CCc1ccccc1)Cc1cccnc1. The zero-order valence-electron chi connectivity index (χ0n) is 14.0. The third kappa shape index (κ3) is 5.18. The molecular weight excluding hydrogens is 310 g/mol. The molecule has 0 aliphatic carbocycles. The van der Waals surface area contributed by atoms with Gasteiger partial charge < -0.3 is 10.2 Å². The maximum absolute atomic E-state index is 12.7. The van der Waals surface area contributed by atoms with E-state index in [1.54, 1.807) is 12.4 Å². The first-order valence-electron chi connectivity index (χ1n) is 8.35. The maximum Gasteiger partial charge on any atom is 0.322 e. The van der Waals surface area contributed by atoms with Gasteiger partial charge in [-0.3, -0.25) is 4.98 Å². The Kier molecular flexibility index (Phi) is 5.77. The topological polar surface area (TPSA) is 45.2 Å². The normalized spacial score (nSPS) is 10.2. The number of hydrogen-bond acceptors (Lipinski definition) is 2. The van der Waals surface area contributed by atoms with Crippen LogP contribution in [-0.4, -0.2) is 22.5 Å². The highest BCUT2D eigenvalue weighted by Crippen LogP contribution is 2.11. The lowest BCUT2D eigenvalue weighted by atomic mass is 10.1. The third-order valence-corrected chi connectivity index (χ3v) is 3.92. The quantitative estimate of drug-likeness (QED) is 0.729. The number of nitrogens with one attached hydrogen (secondary N) is 1. The van der Waals surface area contributed by atoms with Gasteiger partial charge in [-0.1, -0.05) is 54.6 Å². The number of nitrogens with zero attached hydrogens (tertiary/aromatic N) is 2. The molecule has 0 radical (unpaired) electrons. The Labute approximate surface area is 148 Å². The van der Waals surface area contributed by atoms with E-state index in [2.05, 4.69) is 22.4 Å². The molecule has 1 aromatic heterocycles. The molecule has 2 amide bonds. The largest absolute Gasteiger partial charge is 0.322 e. The van der Waals surface area contributed by atoms with Gasteiger partial charge in [0.05, 0.1) is 0 Å². The fourth-order valence-electron chi connectivity index (χ4n) is 2.60. The van der Waals surface area contributed by atoms with Crippen LogP contribution in [0.5, 0.6) is 0 Å². The van der Waals surface area contributed by atoms with Crippen molar-refractivity contribution >= 4 is 11.7 Å². The number of urea groups is 1. The second-order valence-corrected chi connectivity index (χ2v) is 5.81. The Morgan fingerprint density at radius 1 is 0.880 bits per heavy atom. The van der Waals surface area contributed by atoms with E-state index >= 15 is 0 Å². The number of pyridine rings is 1. The molecule has 3 rings (SSSR count). The van der Waals surface area contributed by atoms with Crippen molar-refractivity contribution in [2.45, 2.75) is 13.0 Å². The summed E-state index contributed by atoms with van der Waals surface area (Å²) < 4.78 is 0. The molecule has 1 N–H and O–H groups in total. The average Bonchev–Trinajstić information content (AvgIpc) is 2.67. The second kappa shape index (κ2) is 8.64. The van der Waals surface area contributed by atoms with Gasteiger partial charge >= 0.3 is 6.03 Å². The Morgan fingerprint density at radius 2 is 1.56 bits per heavy atom. The van der Waals surface area contributed by atoms with Crippen molar-refractivity contribution in [3.63, 3.8) is 0 Å². The van der Waals surface area contributed by atoms with Crippen molar-refractivity contribution in [1.82, 2.24) is 9.88 Å². The molecule has 0 spiro atoms. The maximum atomic E-state index is 12.7. The lowest BCUT2D eigenvalue weighted by Gasteiger charge is -2.23. The summed E-state index contributed by atoms with van der Waals surface area (Å²) in [6.07, 6.45) is 4.34. The number of rotatable bonds is 6. The Balaban J connectivity index is 1.70. The first-order valence-corrected chi connectivity index (χ1v) is 8.35. The van der Waals surface area contributed by atoms with Crippen molar-refractivity contribution in [2.75, 3.05) is 11.9 Å². The molecule has 0 saturated carbocycles. The first kappa shape index (κ1) is 16.7. The van der Waals surface area contributed by atoms with Crippen LogP contribution in [0.1, 0.15) is 11.1 Å². The molecular formula is C21H21N3O. The summed E-state index contributed by atoms with van der Waals surface area (Å²) in [4.78, 5) is 18.7. The van der Waals surface area contributed by atoms with E-state index in [4.69, 9.17) is 0 Å². The van der Waals surface area contributed by atoms with Gasteiger partial charge in [-0.15, -0.1) is 0 Å². The zero-order valence-corrected chi connectivity index (χ0v) is 14.0. The number of carbonyl (C=O) groups is 1.